The molecule has 3 aromatic rings. The minimum atomic E-state index is -0.766. The zero-order valence-electron chi connectivity index (χ0n) is 13.8. The summed E-state index contributed by atoms with van der Waals surface area (Å²) in [6.45, 7) is 0.550. The van der Waals surface area contributed by atoms with E-state index in [9.17, 15) is 10.2 Å². The fourth-order valence-electron chi connectivity index (χ4n) is 3.28. The third-order valence-corrected chi connectivity index (χ3v) is 4.69. The Morgan fingerprint density at radius 2 is 1.56 bits per heavy atom. The molecule has 0 heterocycles. The average Bonchev–Trinajstić information content (AvgIpc) is 2.95. The van der Waals surface area contributed by atoms with Crippen molar-refractivity contribution in [2.45, 2.75) is 25.2 Å². The molecule has 0 fully saturated rings. The van der Waals surface area contributed by atoms with E-state index in [-0.39, 0.29) is 0 Å². The molecule has 0 saturated heterocycles. The molecule has 25 heavy (non-hydrogen) atoms. The van der Waals surface area contributed by atoms with Gasteiger partial charge < -0.3 is 14.9 Å². The molecule has 1 aliphatic carbocycles. The van der Waals surface area contributed by atoms with Crippen LogP contribution in [0.3, 0.4) is 0 Å². The topological polar surface area (TPSA) is 49.7 Å². The maximum Gasteiger partial charge on any atom is 0.119 e. The monoisotopic (exact) mass is 332 g/mol. The Morgan fingerprint density at radius 1 is 0.840 bits per heavy atom. The van der Waals surface area contributed by atoms with Crippen molar-refractivity contribution < 1.29 is 14.9 Å². The van der Waals surface area contributed by atoms with Crippen molar-refractivity contribution in [2.24, 2.45) is 0 Å². The summed E-state index contributed by atoms with van der Waals surface area (Å²) in [5.74, 6) is 0.833. The highest BCUT2D eigenvalue weighted by molar-refractivity contribution is 5.66. The van der Waals surface area contributed by atoms with Crippen molar-refractivity contribution in [3.05, 3.63) is 89.5 Å². The minimum absolute atomic E-state index is 0.503. The summed E-state index contributed by atoms with van der Waals surface area (Å²) in [7, 11) is 0. The Bertz CT molecular complexity index is 856. The highest BCUT2D eigenvalue weighted by atomic mass is 16.5. The number of aliphatic hydroxyl groups is 2. The number of ether oxygens (including phenoxy) is 1. The summed E-state index contributed by atoms with van der Waals surface area (Å²) in [6.07, 6.45) is -0.959. The summed E-state index contributed by atoms with van der Waals surface area (Å²) in [5, 5.41) is 19.7. The molecule has 3 aromatic carbocycles. The normalized spacial score (nSPS) is 18.8. The van der Waals surface area contributed by atoms with Gasteiger partial charge >= 0.3 is 0 Å². The van der Waals surface area contributed by atoms with E-state index < -0.39 is 12.2 Å². The molecule has 0 spiro atoms. The minimum Gasteiger partial charge on any atom is -0.489 e. The molecule has 2 unspecified atom stereocenters. The molecular weight excluding hydrogens is 312 g/mol. The lowest BCUT2D eigenvalue weighted by atomic mass is 10.0. The zero-order chi connectivity index (χ0) is 17.2. The predicted octanol–water partition coefficient (Wildman–Crippen LogP) is 3.88. The van der Waals surface area contributed by atoms with Crippen LogP contribution in [0.1, 0.15) is 22.8 Å². The van der Waals surface area contributed by atoms with E-state index >= 15 is 0 Å². The number of hydrogen-bond acceptors (Lipinski definition) is 3. The molecule has 2 atom stereocenters. The van der Waals surface area contributed by atoms with E-state index in [0.717, 1.165) is 33.6 Å². The molecule has 0 amide bonds. The van der Waals surface area contributed by atoms with Gasteiger partial charge in [-0.3, -0.25) is 0 Å². The molecule has 2 N–H and O–H groups in total. The summed E-state index contributed by atoms with van der Waals surface area (Å²) in [4.78, 5) is 0. The third kappa shape index (κ3) is 3.29. The van der Waals surface area contributed by atoms with Gasteiger partial charge in [-0.15, -0.1) is 0 Å². The quantitative estimate of drug-likeness (QED) is 0.762. The molecule has 3 nitrogen and oxygen atoms in total. The molecule has 0 radical (unpaired) electrons. The van der Waals surface area contributed by atoms with Crippen LogP contribution in [0.5, 0.6) is 5.75 Å². The van der Waals surface area contributed by atoms with Crippen LogP contribution in [0.15, 0.2) is 72.8 Å². The Hall–Kier alpha value is -2.62. The molecule has 3 heteroatoms. The first-order chi connectivity index (χ1) is 12.2. The Kier molecular flexibility index (Phi) is 4.26. The first-order valence-electron chi connectivity index (χ1n) is 8.47. The Balaban J connectivity index is 1.48. The van der Waals surface area contributed by atoms with Crippen molar-refractivity contribution in [1.29, 1.82) is 0 Å². The SMILES string of the molecule is OC1Cc2cc(-c3ccc(OCc4ccccc4)cc3)ccc2C1O. The number of benzene rings is 3. The molecular formula is C22H20O3. The summed E-state index contributed by atoms with van der Waals surface area (Å²) in [6, 6.07) is 24.0. The van der Waals surface area contributed by atoms with Gasteiger partial charge in [-0.2, -0.15) is 0 Å². The Labute approximate surface area is 147 Å². The van der Waals surface area contributed by atoms with Crippen molar-refractivity contribution >= 4 is 0 Å². The van der Waals surface area contributed by atoms with Crippen LogP contribution in [-0.4, -0.2) is 16.3 Å². The molecule has 0 aromatic heterocycles. The van der Waals surface area contributed by atoms with Gasteiger partial charge in [-0.05, 0) is 39.9 Å². The van der Waals surface area contributed by atoms with Crippen LogP contribution in [0.4, 0.5) is 0 Å². The van der Waals surface area contributed by atoms with Gasteiger partial charge in [0.05, 0.1) is 6.10 Å². The number of fused-ring (bicyclic) bond motifs is 1. The van der Waals surface area contributed by atoms with Crippen LogP contribution in [-0.2, 0) is 13.0 Å². The molecule has 4 rings (SSSR count). The number of hydrogen-bond donors (Lipinski definition) is 2. The summed E-state index contributed by atoms with van der Waals surface area (Å²) >= 11 is 0. The predicted molar refractivity (Wildman–Crippen MR) is 97.3 cm³/mol. The van der Waals surface area contributed by atoms with Crippen LogP contribution >= 0.6 is 0 Å². The van der Waals surface area contributed by atoms with Gasteiger partial charge in [0.2, 0.25) is 0 Å². The average molecular weight is 332 g/mol. The van der Waals surface area contributed by atoms with Gasteiger partial charge in [0.25, 0.3) is 0 Å². The lowest BCUT2D eigenvalue weighted by Crippen LogP contribution is -2.11. The molecule has 0 saturated carbocycles. The van der Waals surface area contributed by atoms with E-state index in [1.54, 1.807) is 0 Å². The van der Waals surface area contributed by atoms with E-state index in [4.69, 9.17) is 4.74 Å². The zero-order valence-corrected chi connectivity index (χ0v) is 13.8. The van der Waals surface area contributed by atoms with Crippen molar-refractivity contribution in [1.82, 2.24) is 0 Å². The maximum atomic E-state index is 9.93. The fourth-order valence-corrected chi connectivity index (χ4v) is 3.28. The van der Waals surface area contributed by atoms with E-state index in [1.807, 2.05) is 66.7 Å². The summed E-state index contributed by atoms with van der Waals surface area (Å²) < 4.78 is 5.82. The van der Waals surface area contributed by atoms with Crippen LogP contribution in [0, 0.1) is 0 Å². The standard InChI is InChI=1S/C22H20O3/c23-21-13-18-12-17(8-11-20(18)22(21)24)16-6-9-19(10-7-16)25-14-15-4-2-1-3-5-15/h1-12,21-24H,13-14H2. The largest absolute Gasteiger partial charge is 0.489 e. The third-order valence-electron chi connectivity index (χ3n) is 4.69. The lowest BCUT2D eigenvalue weighted by Gasteiger charge is -2.09. The second-order valence-electron chi connectivity index (χ2n) is 6.43. The van der Waals surface area contributed by atoms with Crippen LogP contribution in [0.25, 0.3) is 11.1 Å². The van der Waals surface area contributed by atoms with Gasteiger partial charge in [0, 0.05) is 6.42 Å². The van der Waals surface area contributed by atoms with Gasteiger partial charge in [0.1, 0.15) is 18.5 Å². The Morgan fingerprint density at radius 3 is 2.32 bits per heavy atom. The molecule has 0 aliphatic heterocycles. The number of rotatable bonds is 4. The van der Waals surface area contributed by atoms with E-state index in [1.165, 1.54) is 0 Å². The van der Waals surface area contributed by atoms with E-state index in [2.05, 4.69) is 6.07 Å². The second kappa shape index (κ2) is 6.71. The molecule has 0 bridgehead atoms. The van der Waals surface area contributed by atoms with Crippen molar-refractivity contribution in [3.63, 3.8) is 0 Å². The van der Waals surface area contributed by atoms with Crippen LogP contribution in [0.2, 0.25) is 0 Å². The second-order valence-corrected chi connectivity index (χ2v) is 6.43. The fraction of sp³-hybridized carbons (Fsp3) is 0.182. The van der Waals surface area contributed by atoms with Gasteiger partial charge in [0.15, 0.2) is 0 Å². The van der Waals surface area contributed by atoms with E-state index in [0.29, 0.717) is 13.0 Å². The van der Waals surface area contributed by atoms with Crippen molar-refractivity contribution in [3.8, 4) is 16.9 Å². The first-order valence-corrected chi connectivity index (χ1v) is 8.47. The lowest BCUT2D eigenvalue weighted by molar-refractivity contribution is 0.0326. The van der Waals surface area contributed by atoms with Gasteiger partial charge in [-0.1, -0.05) is 60.7 Å². The molecule has 1 aliphatic rings. The highest BCUT2D eigenvalue weighted by Gasteiger charge is 2.29. The van der Waals surface area contributed by atoms with Gasteiger partial charge in [-0.25, -0.2) is 0 Å². The highest BCUT2D eigenvalue weighted by Crippen LogP contribution is 2.34. The maximum absolute atomic E-state index is 9.93. The van der Waals surface area contributed by atoms with Crippen molar-refractivity contribution in [2.75, 3.05) is 0 Å². The van der Waals surface area contributed by atoms with Crippen LogP contribution < -0.4 is 4.74 Å². The summed E-state index contributed by atoms with van der Waals surface area (Å²) in [5.41, 5.74) is 5.16. The number of aliphatic hydroxyl groups excluding tert-OH is 2. The molecule has 126 valence electrons. The smallest absolute Gasteiger partial charge is 0.119 e. The first kappa shape index (κ1) is 15.9.